The molecular formula is C22H30ClN3O2+2. The van der Waals surface area contributed by atoms with Crippen molar-refractivity contribution >= 4 is 17.5 Å². The fourth-order valence-electron chi connectivity index (χ4n) is 3.74. The number of halogens is 1. The van der Waals surface area contributed by atoms with Gasteiger partial charge in [0.05, 0.1) is 7.11 Å². The molecule has 0 spiro atoms. The predicted octanol–water partition coefficient (Wildman–Crippen LogP) is -0.00910. The van der Waals surface area contributed by atoms with Crippen molar-refractivity contribution in [1.82, 2.24) is 5.32 Å². The van der Waals surface area contributed by atoms with Crippen LogP contribution in [0.25, 0.3) is 0 Å². The first-order chi connectivity index (χ1) is 13.6. The van der Waals surface area contributed by atoms with Gasteiger partial charge < -0.3 is 19.9 Å². The molecule has 0 aromatic heterocycles. The van der Waals surface area contributed by atoms with Crippen LogP contribution in [-0.2, 0) is 17.8 Å². The fraction of sp³-hybridized carbons (Fsp3) is 0.409. The lowest BCUT2D eigenvalue weighted by Gasteiger charge is -2.29. The minimum Gasteiger partial charge on any atom is -0.496 e. The van der Waals surface area contributed by atoms with Gasteiger partial charge in [-0.2, -0.15) is 0 Å². The van der Waals surface area contributed by atoms with Crippen molar-refractivity contribution in [2.45, 2.75) is 13.0 Å². The minimum absolute atomic E-state index is 0.131. The zero-order valence-electron chi connectivity index (χ0n) is 16.5. The predicted molar refractivity (Wildman–Crippen MR) is 111 cm³/mol. The zero-order chi connectivity index (χ0) is 19.8. The highest BCUT2D eigenvalue weighted by Crippen LogP contribution is 2.17. The number of amides is 1. The maximum absolute atomic E-state index is 12.3. The van der Waals surface area contributed by atoms with Gasteiger partial charge in [0, 0.05) is 17.1 Å². The van der Waals surface area contributed by atoms with Crippen molar-refractivity contribution in [3.05, 3.63) is 64.7 Å². The molecule has 1 saturated heterocycles. The van der Waals surface area contributed by atoms with E-state index in [1.165, 1.54) is 10.5 Å². The van der Waals surface area contributed by atoms with Crippen LogP contribution in [0.3, 0.4) is 0 Å². The van der Waals surface area contributed by atoms with Gasteiger partial charge in [0.15, 0.2) is 6.54 Å². The molecule has 0 unspecified atom stereocenters. The third kappa shape index (κ3) is 6.23. The summed E-state index contributed by atoms with van der Waals surface area (Å²) >= 11 is 5.95. The minimum atomic E-state index is 0.131. The molecule has 0 aliphatic carbocycles. The number of benzene rings is 2. The van der Waals surface area contributed by atoms with Gasteiger partial charge in [0.25, 0.3) is 5.91 Å². The smallest absolute Gasteiger partial charge is 0.275 e. The Morgan fingerprint density at radius 2 is 1.71 bits per heavy atom. The van der Waals surface area contributed by atoms with Gasteiger partial charge in [-0.3, -0.25) is 4.79 Å². The van der Waals surface area contributed by atoms with E-state index in [2.05, 4.69) is 17.4 Å². The Kier molecular flexibility index (Phi) is 7.71. The van der Waals surface area contributed by atoms with E-state index < -0.39 is 0 Å². The molecule has 1 fully saturated rings. The second-order valence-corrected chi connectivity index (χ2v) is 7.83. The molecule has 2 aromatic carbocycles. The van der Waals surface area contributed by atoms with Crippen LogP contribution >= 0.6 is 11.6 Å². The Labute approximate surface area is 172 Å². The number of ether oxygens (including phenoxy) is 1. The summed E-state index contributed by atoms with van der Waals surface area (Å²) in [6.07, 6.45) is 0.782. The van der Waals surface area contributed by atoms with Crippen LogP contribution in [0.5, 0.6) is 5.75 Å². The lowest BCUT2D eigenvalue weighted by atomic mass is 10.1. The van der Waals surface area contributed by atoms with Crippen molar-refractivity contribution in [2.75, 3.05) is 46.4 Å². The van der Waals surface area contributed by atoms with Crippen LogP contribution in [0.4, 0.5) is 0 Å². The molecule has 1 amide bonds. The maximum atomic E-state index is 12.3. The van der Waals surface area contributed by atoms with Crippen molar-refractivity contribution in [3.63, 3.8) is 0 Å². The molecule has 150 valence electrons. The van der Waals surface area contributed by atoms with E-state index in [0.29, 0.717) is 13.1 Å². The van der Waals surface area contributed by atoms with Crippen LogP contribution in [0.15, 0.2) is 48.5 Å². The highest BCUT2D eigenvalue weighted by atomic mass is 35.5. The van der Waals surface area contributed by atoms with Crippen LogP contribution in [0.2, 0.25) is 5.02 Å². The normalized spacial score (nSPS) is 19.2. The van der Waals surface area contributed by atoms with Crippen molar-refractivity contribution in [2.24, 2.45) is 0 Å². The van der Waals surface area contributed by atoms with Crippen molar-refractivity contribution < 1.29 is 19.3 Å². The molecule has 28 heavy (non-hydrogen) atoms. The second-order valence-electron chi connectivity index (χ2n) is 7.39. The summed E-state index contributed by atoms with van der Waals surface area (Å²) in [5.74, 6) is 1.01. The molecule has 0 atom stereocenters. The number of piperazine rings is 1. The number of nitrogens with one attached hydrogen (secondary N) is 3. The molecule has 5 nitrogen and oxygen atoms in total. The summed E-state index contributed by atoms with van der Waals surface area (Å²) in [7, 11) is 1.68. The largest absolute Gasteiger partial charge is 0.496 e. The van der Waals surface area contributed by atoms with Crippen molar-refractivity contribution in [3.8, 4) is 5.75 Å². The van der Waals surface area contributed by atoms with E-state index in [1.54, 1.807) is 12.0 Å². The number of methoxy groups -OCH3 is 1. The first kappa shape index (κ1) is 20.6. The molecule has 3 N–H and O–H groups in total. The highest BCUT2D eigenvalue weighted by molar-refractivity contribution is 6.30. The number of hydrogen-bond donors (Lipinski definition) is 3. The monoisotopic (exact) mass is 403 g/mol. The topological polar surface area (TPSA) is 47.2 Å². The molecule has 0 saturated carbocycles. The fourth-order valence-corrected chi connectivity index (χ4v) is 3.86. The molecule has 1 heterocycles. The lowest BCUT2D eigenvalue weighted by molar-refractivity contribution is -1.02. The summed E-state index contributed by atoms with van der Waals surface area (Å²) in [6, 6.07) is 16.1. The third-order valence-electron chi connectivity index (χ3n) is 5.35. The number of carbonyl (C=O) groups excluding carboxylic acids is 1. The van der Waals surface area contributed by atoms with E-state index in [0.717, 1.165) is 55.5 Å². The second kappa shape index (κ2) is 10.5. The Morgan fingerprint density at radius 3 is 2.43 bits per heavy atom. The van der Waals surface area contributed by atoms with Gasteiger partial charge in [-0.25, -0.2) is 0 Å². The van der Waals surface area contributed by atoms with Crippen molar-refractivity contribution in [1.29, 1.82) is 0 Å². The summed E-state index contributed by atoms with van der Waals surface area (Å²) in [6.45, 7) is 6.46. The quantitative estimate of drug-likeness (QED) is 0.580. The first-order valence-electron chi connectivity index (χ1n) is 9.94. The average Bonchev–Trinajstić information content (AvgIpc) is 2.71. The number of para-hydroxylation sites is 1. The summed E-state index contributed by atoms with van der Waals surface area (Å²) in [5, 5.41) is 3.83. The molecule has 0 radical (unpaired) electrons. The van der Waals surface area contributed by atoms with Crippen LogP contribution in [0.1, 0.15) is 11.1 Å². The molecule has 1 aliphatic heterocycles. The van der Waals surface area contributed by atoms with Crippen LogP contribution < -0.4 is 19.9 Å². The molecule has 3 rings (SSSR count). The Balaban J connectivity index is 1.35. The number of carbonyl (C=O) groups is 1. The van der Waals surface area contributed by atoms with Gasteiger partial charge in [0.1, 0.15) is 38.5 Å². The average molecular weight is 404 g/mol. The van der Waals surface area contributed by atoms with E-state index in [9.17, 15) is 4.79 Å². The van der Waals surface area contributed by atoms with E-state index >= 15 is 0 Å². The van der Waals surface area contributed by atoms with Gasteiger partial charge in [-0.15, -0.1) is 0 Å². The molecule has 1 aliphatic rings. The van der Waals surface area contributed by atoms with Crippen LogP contribution in [0, 0.1) is 0 Å². The summed E-state index contributed by atoms with van der Waals surface area (Å²) in [4.78, 5) is 15.2. The maximum Gasteiger partial charge on any atom is 0.275 e. The zero-order valence-corrected chi connectivity index (χ0v) is 17.2. The summed E-state index contributed by atoms with van der Waals surface area (Å²) < 4.78 is 5.36. The Hall–Kier alpha value is -2.08. The number of quaternary nitrogens is 2. The number of hydrogen-bond acceptors (Lipinski definition) is 2. The van der Waals surface area contributed by atoms with E-state index in [4.69, 9.17) is 16.3 Å². The molecule has 2 aromatic rings. The first-order valence-corrected chi connectivity index (χ1v) is 10.3. The molecule has 6 heteroatoms. The Morgan fingerprint density at radius 1 is 1.04 bits per heavy atom. The lowest BCUT2D eigenvalue weighted by Crippen LogP contribution is -3.28. The van der Waals surface area contributed by atoms with Gasteiger partial charge in [-0.05, 0) is 30.2 Å². The summed E-state index contributed by atoms with van der Waals surface area (Å²) in [5.41, 5.74) is 2.44. The highest BCUT2D eigenvalue weighted by Gasteiger charge is 2.24. The standard InChI is InChI=1S/C22H28ClN3O2/c1-28-21-5-3-2-4-19(21)10-11-24-22(27)17-26-14-12-25(13-15-26)16-18-6-8-20(23)9-7-18/h2-9H,10-17H2,1H3,(H,24,27)/p+2. The number of rotatable bonds is 8. The van der Waals surface area contributed by atoms with Gasteiger partial charge in [0.2, 0.25) is 0 Å². The van der Waals surface area contributed by atoms with Crippen LogP contribution in [-0.4, -0.2) is 52.3 Å². The molecule has 0 bridgehead atoms. The SMILES string of the molecule is COc1ccccc1CCNC(=O)C[NH+]1CC[NH+](Cc2ccc(Cl)cc2)CC1. The van der Waals surface area contributed by atoms with E-state index in [-0.39, 0.29) is 5.91 Å². The van der Waals surface area contributed by atoms with Gasteiger partial charge in [-0.1, -0.05) is 41.9 Å². The van der Waals surface area contributed by atoms with Gasteiger partial charge >= 0.3 is 0 Å². The third-order valence-corrected chi connectivity index (χ3v) is 5.60. The molecular weight excluding hydrogens is 374 g/mol. The van der Waals surface area contributed by atoms with E-state index in [1.807, 2.05) is 36.4 Å². The Bertz CT molecular complexity index is 759.